The van der Waals surface area contributed by atoms with E-state index in [0.29, 0.717) is 5.92 Å². The quantitative estimate of drug-likeness (QED) is 0.169. The summed E-state index contributed by atoms with van der Waals surface area (Å²) >= 11 is 0. The summed E-state index contributed by atoms with van der Waals surface area (Å²) in [5.41, 5.74) is 14.3. The molecule has 0 heterocycles. The fourth-order valence-electron chi connectivity index (χ4n) is 7.96. The summed E-state index contributed by atoms with van der Waals surface area (Å²) in [7, 11) is 0. The minimum atomic E-state index is 0.439. The van der Waals surface area contributed by atoms with Crippen molar-refractivity contribution < 1.29 is 0 Å². The second-order valence-corrected chi connectivity index (χ2v) is 13.3. The third-order valence-electron chi connectivity index (χ3n) is 10.3. The van der Waals surface area contributed by atoms with Gasteiger partial charge in [0.2, 0.25) is 0 Å². The standard InChI is InChI=1S/C48H40/c1-5-34-18-13-15-31(2)45(29-34)35-19-14-20-36(30-35)47-39-23-8-10-25-41(39)48(42-26-11-9-24-40(42)47)44-28-27-43(37-21-6-7-22-38(37)44)46-32(3)16-12-17-33(46)4/h6-30,34H,5H2,1-4H3. The number of aryl methyl sites for hydroxylation is 2. The van der Waals surface area contributed by atoms with Gasteiger partial charge >= 0.3 is 0 Å². The van der Waals surface area contributed by atoms with Crippen LogP contribution in [0.15, 0.2) is 157 Å². The summed E-state index contributed by atoms with van der Waals surface area (Å²) in [6.07, 6.45) is 10.3. The minimum Gasteiger partial charge on any atom is -0.0776 e. The molecule has 0 aromatic heterocycles. The van der Waals surface area contributed by atoms with E-state index in [9.17, 15) is 0 Å². The lowest BCUT2D eigenvalue weighted by molar-refractivity contribution is 0.777. The van der Waals surface area contributed by atoms with E-state index in [4.69, 9.17) is 0 Å². The molecule has 0 fully saturated rings. The number of hydrogen-bond acceptors (Lipinski definition) is 0. The number of benzene rings is 7. The molecule has 0 amide bonds. The highest BCUT2D eigenvalue weighted by molar-refractivity contribution is 6.24. The Labute approximate surface area is 284 Å². The zero-order valence-electron chi connectivity index (χ0n) is 28.2. The SMILES string of the molecule is CCC1C=CC=C(C)C(c2cccc(-c3c4ccccc4c(-c4ccc(-c5c(C)cccc5C)c5ccccc45)c4ccccc34)c2)=C1. The highest BCUT2D eigenvalue weighted by Gasteiger charge is 2.20. The first-order valence-electron chi connectivity index (χ1n) is 17.2. The smallest absolute Gasteiger partial charge is 0.00201 e. The molecule has 0 radical (unpaired) electrons. The van der Waals surface area contributed by atoms with E-state index in [1.165, 1.54) is 93.5 Å². The third kappa shape index (κ3) is 5.00. The molecule has 0 nitrogen and oxygen atoms in total. The van der Waals surface area contributed by atoms with Crippen LogP contribution in [-0.4, -0.2) is 0 Å². The van der Waals surface area contributed by atoms with Crippen molar-refractivity contribution in [2.24, 2.45) is 5.92 Å². The van der Waals surface area contributed by atoms with Gasteiger partial charge in [-0.05, 0) is 133 Å². The molecule has 0 saturated carbocycles. The molecule has 8 rings (SSSR count). The third-order valence-corrected chi connectivity index (χ3v) is 10.3. The highest BCUT2D eigenvalue weighted by atomic mass is 14.2. The van der Waals surface area contributed by atoms with Crippen LogP contribution in [0.3, 0.4) is 0 Å². The summed E-state index contributed by atoms with van der Waals surface area (Å²) in [6, 6.07) is 47.5. The first-order valence-corrected chi connectivity index (χ1v) is 17.2. The van der Waals surface area contributed by atoms with E-state index in [0.717, 1.165) is 6.42 Å². The molecule has 0 heteroatoms. The lowest BCUT2D eigenvalue weighted by atomic mass is 9.82. The summed E-state index contributed by atoms with van der Waals surface area (Å²) in [5.74, 6) is 0.439. The Morgan fingerprint density at radius 1 is 0.479 bits per heavy atom. The second-order valence-electron chi connectivity index (χ2n) is 13.3. The predicted octanol–water partition coefficient (Wildman–Crippen LogP) is 13.7. The van der Waals surface area contributed by atoms with Crippen molar-refractivity contribution in [1.29, 1.82) is 0 Å². The zero-order valence-corrected chi connectivity index (χ0v) is 28.2. The maximum absolute atomic E-state index is 2.45. The molecule has 1 aliphatic rings. The van der Waals surface area contributed by atoms with Crippen LogP contribution >= 0.6 is 0 Å². The molecule has 7 aromatic carbocycles. The van der Waals surface area contributed by atoms with Gasteiger partial charge in [0.25, 0.3) is 0 Å². The van der Waals surface area contributed by atoms with E-state index in [2.05, 4.69) is 179 Å². The van der Waals surface area contributed by atoms with Crippen molar-refractivity contribution in [2.75, 3.05) is 0 Å². The van der Waals surface area contributed by atoms with Gasteiger partial charge in [-0.2, -0.15) is 0 Å². The minimum absolute atomic E-state index is 0.439. The van der Waals surface area contributed by atoms with Gasteiger partial charge in [-0.15, -0.1) is 0 Å². The molecule has 48 heavy (non-hydrogen) atoms. The molecule has 1 unspecified atom stereocenters. The molecule has 0 saturated heterocycles. The largest absolute Gasteiger partial charge is 0.0776 e. The Morgan fingerprint density at radius 3 is 1.56 bits per heavy atom. The number of rotatable bonds is 5. The van der Waals surface area contributed by atoms with E-state index in [1.54, 1.807) is 0 Å². The summed E-state index contributed by atoms with van der Waals surface area (Å²) in [5, 5.41) is 7.69. The van der Waals surface area contributed by atoms with E-state index >= 15 is 0 Å². The van der Waals surface area contributed by atoms with E-state index < -0.39 is 0 Å². The average molecular weight is 617 g/mol. The number of allylic oxidation sites excluding steroid dienone is 6. The van der Waals surface area contributed by atoms with Crippen LogP contribution in [0.4, 0.5) is 0 Å². The van der Waals surface area contributed by atoms with Crippen LogP contribution in [0.5, 0.6) is 0 Å². The molecule has 0 aliphatic heterocycles. The predicted molar refractivity (Wildman–Crippen MR) is 209 cm³/mol. The van der Waals surface area contributed by atoms with Crippen LogP contribution in [-0.2, 0) is 0 Å². The van der Waals surface area contributed by atoms with Crippen LogP contribution < -0.4 is 0 Å². The normalized spacial score (nSPS) is 14.7. The van der Waals surface area contributed by atoms with Gasteiger partial charge < -0.3 is 0 Å². The average Bonchev–Trinajstić information content (AvgIpc) is 3.31. The van der Waals surface area contributed by atoms with Crippen molar-refractivity contribution in [1.82, 2.24) is 0 Å². The Bertz CT molecular complexity index is 2390. The fraction of sp³-hybridized carbons (Fsp3) is 0.125. The van der Waals surface area contributed by atoms with Gasteiger partial charge in [0.05, 0.1) is 0 Å². The maximum atomic E-state index is 2.45. The molecule has 0 spiro atoms. The van der Waals surface area contributed by atoms with Crippen LogP contribution in [0, 0.1) is 19.8 Å². The van der Waals surface area contributed by atoms with Gasteiger partial charge in [-0.1, -0.05) is 153 Å². The van der Waals surface area contributed by atoms with Gasteiger partial charge in [0.15, 0.2) is 0 Å². The molecule has 0 bridgehead atoms. The van der Waals surface area contributed by atoms with Crippen molar-refractivity contribution >= 4 is 37.9 Å². The van der Waals surface area contributed by atoms with E-state index in [1.807, 2.05) is 0 Å². The lowest BCUT2D eigenvalue weighted by Crippen LogP contribution is -1.95. The van der Waals surface area contributed by atoms with Crippen molar-refractivity contribution in [3.8, 4) is 33.4 Å². The van der Waals surface area contributed by atoms with Crippen LogP contribution in [0.2, 0.25) is 0 Å². The first-order chi connectivity index (χ1) is 23.5. The van der Waals surface area contributed by atoms with E-state index in [-0.39, 0.29) is 0 Å². The Hall–Kier alpha value is -5.46. The zero-order chi connectivity index (χ0) is 32.8. The number of fused-ring (bicyclic) bond motifs is 3. The first kappa shape index (κ1) is 29.9. The molecule has 7 aromatic rings. The molecular weight excluding hydrogens is 577 g/mol. The molecular formula is C48H40. The topological polar surface area (TPSA) is 0 Å². The Morgan fingerprint density at radius 2 is 0.979 bits per heavy atom. The summed E-state index contributed by atoms with van der Waals surface area (Å²) < 4.78 is 0. The fourth-order valence-corrected chi connectivity index (χ4v) is 7.96. The number of hydrogen-bond donors (Lipinski definition) is 0. The lowest BCUT2D eigenvalue weighted by Gasteiger charge is -2.21. The van der Waals surface area contributed by atoms with Crippen molar-refractivity contribution in [3.63, 3.8) is 0 Å². The summed E-state index contributed by atoms with van der Waals surface area (Å²) in [6.45, 7) is 8.95. The van der Waals surface area contributed by atoms with Crippen molar-refractivity contribution in [2.45, 2.75) is 34.1 Å². The molecule has 1 aliphatic carbocycles. The highest BCUT2D eigenvalue weighted by Crippen LogP contribution is 2.47. The molecule has 1 atom stereocenters. The van der Waals surface area contributed by atoms with Gasteiger partial charge in [-0.25, -0.2) is 0 Å². The monoisotopic (exact) mass is 616 g/mol. The van der Waals surface area contributed by atoms with Crippen LogP contribution in [0.25, 0.3) is 71.3 Å². The molecule has 232 valence electrons. The van der Waals surface area contributed by atoms with Crippen molar-refractivity contribution in [3.05, 3.63) is 174 Å². The van der Waals surface area contributed by atoms with Gasteiger partial charge in [-0.3, -0.25) is 0 Å². The molecule has 0 N–H and O–H groups in total. The van der Waals surface area contributed by atoms with Crippen LogP contribution in [0.1, 0.15) is 37.0 Å². The Balaban J connectivity index is 1.40. The maximum Gasteiger partial charge on any atom is -0.00201 e. The van der Waals surface area contributed by atoms with Gasteiger partial charge in [0.1, 0.15) is 0 Å². The van der Waals surface area contributed by atoms with Gasteiger partial charge in [0, 0.05) is 0 Å². The summed E-state index contributed by atoms with van der Waals surface area (Å²) in [4.78, 5) is 0. The second kappa shape index (κ2) is 12.3. The Kier molecular flexibility index (Phi) is 7.66.